The average Bonchev–Trinajstić information content (AvgIpc) is 2.61. The molecule has 18 heavy (non-hydrogen) atoms. The first-order valence-electron chi connectivity index (χ1n) is 5.29. The van der Waals surface area contributed by atoms with Gasteiger partial charge in [-0.1, -0.05) is 7.43 Å². The quantitative estimate of drug-likeness (QED) is 0.823. The lowest BCUT2D eigenvalue weighted by Gasteiger charge is -2.66. The molecule has 98 valence electrons. The Hall–Kier alpha value is -1.85. The Bertz CT molecular complexity index is 499. The van der Waals surface area contributed by atoms with Crippen molar-refractivity contribution in [3.63, 3.8) is 0 Å². The van der Waals surface area contributed by atoms with E-state index in [0.29, 0.717) is 25.2 Å². The molecule has 0 amide bonds. The van der Waals surface area contributed by atoms with E-state index in [-0.39, 0.29) is 18.5 Å². The Morgan fingerprint density at radius 3 is 2.56 bits per heavy atom. The monoisotopic (exact) mass is 253 g/mol. The number of carboxylic acid groups (broad SMARTS) is 1. The van der Waals surface area contributed by atoms with Crippen molar-refractivity contribution in [2.24, 2.45) is 5.41 Å². The predicted octanol–water partition coefficient (Wildman–Crippen LogP) is 1.60. The second-order valence-corrected chi connectivity index (χ2v) is 4.93. The first kappa shape index (κ1) is 12.6. The lowest BCUT2D eigenvalue weighted by atomic mass is 9.35. The standard InChI is InChI=1S/C11H11NO5.CH4/c1-16-7(13)6-2-17-8(12-6)10-3-11(4-10,5-10)9(14)15;/h2H,3-5H2,1H3,(H,14,15);1H4. The summed E-state index contributed by atoms with van der Waals surface area (Å²) in [5.74, 6) is -0.834. The maximum absolute atomic E-state index is 11.2. The molecule has 4 rings (SSSR count). The van der Waals surface area contributed by atoms with E-state index in [9.17, 15) is 9.59 Å². The summed E-state index contributed by atoms with van der Waals surface area (Å²) in [6.45, 7) is 0. The van der Waals surface area contributed by atoms with Crippen molar-refractivity contribution >= 4 is 11.9 Å². The van der Waals surface area contributed by atoms with Crippen LogP contribution < -0.4 is 0 Å². The molecule has 0 aliphatic heterocycles. The highest BCUT2D eigenvalue weighted by Gasteiger charge is 2.74. The van der Waals surface area contributed by atoms with E-state index in [2.05, 4.69) is 9.72 Å². The smallest absolute Gasteiger partial charge is 0.360 e. The van der Waals surface area contributed by atoms with Crippen molar-refractivity contribution in [1.29, 1.82) is 0 Å². The lowest BCUT2D eigenvalue weighted by Crippen LogP contribution is -2.68. The van der Waals surface area contributed by atoms with Crippen molar-refractivity contribution < 1.29 is 23.8 Å². The molecule has 3 aliphatic rings. The molecule has 0 atom stereocenters. The molecule has 1 aromatic rings. The number of carbonyl (C=O) groups is 2. The lowest BCUT2D eigenvalue weighted by molar-refractivity contribution is -0.198. The Morgan fingerprint density at radius 2 is 2.06 bits per heavy atom. The van der Waals surface area contributed by atoms with Gasteiger partial charge in [-0.25, -0.2) is 9.78 Å². The van der Waals surface area contributed by atoms with E-state index < -0.39 is 17.4 Å². The van der Waals surface area contributed by atoms with Crippen molar-refractivity contribution in [2.75, 3.05) is 7.11 Å². The van der Waals surface area contributed by atoms with Crippen molar-refractivity contribution in [1.82, 2.24) is 4.98 Å². The Labute approximate surface area is 104 Å². The number of rotatable bonds is 3. The van der Waals surface area contributed by atoms with Crippen LogP contribution in [0.25, 0.3) is 0 Å². The maximum atomic E-state index is 11.2. The largest absolute Gasteiger partial charge is 0.481 e. The zero-order valence-electron chi connectivity index (χ0n) is 9.23. The molecule has 6 nitrogen and oxygen atoms in total. The van der Waals surface area contributed by atoms with Crippen LogP contribution in [0.5, 0.6) is 0 Å². The van der Waals surface area contributed by atoms with Crippen LogP contribution in [0.3, 0.4) is 0 Å². The van der Waals surface area contributed by atoms with Crippen LogP contribution in [0.1, 0.15) is 43.1 Å². The predicted molar refractivity (Wildman–Crippen MR) is 60.2 cm³/mol. The van der Waals surface area contributed by atoms with Crippen LogP contribution in [0, 0.1) is 5.41 Å². The van der Waals surface area contributed by atoms with E-state index in [1.807, 2.05) is 0 Å². The van der Waals surface area contributed by atoms with Gasteiger partial charge in [0.25, 0.3) is 0 Å². The summed E-state index contributed by atoms with van der Waals surface area (Å²) in [6.07, 6.45) is 2.92. The number of aliphatic carboxylic acids is 1. The minimum Gasteiger partial charge on any atom is -0.481 e. The van der Waals surface area contributed by atoms with Crippen LogP contribution in [0.4, 0.5) is 0 Å². The van der Waals surface area contributed by atoms with Crippen LogP contribution >= 0.6 is 0 Å². The van der Waals surface area contributed by atoms with Crippen LogP contribution in [0.2, 0.25) is 0 Å². The number of hydrogen-bond donors (Lipinski definition) is 1. The molecule has 2 bridgehead atoms. The fourth-order valence-electron chi connectivity index (χ4n) is 2.96. The van der Waals surface area contributed by atoms with Crippen LogP contribution in [-0.2, 0) is 14.9 Å². The zero-order chi connectivity index (χ0) is 12.3. The molecule has 1 N–H and O–H groups in total. The molecule has 3 aliphatic carbocycles. The summed E-state index contributed by atoms with van der Waals surface area (Å²) in [6, 6.07) is 0. The van der Waals surface area contributed by atoms with Crippen molar-refractivity contribution in [3.05, 3.63) is 17.8 Å². The fourth-order valence-corrected chi connectivity index (χ4v) is 2.96. The van der Waals surface area contributed by atoms with Gasteiger partial charge >= 0.3 is 11.9 Å². The summed E-state index contributed by atoms with van der Waals surface area (Å²) in [7, 11) is 1.27. The van der Waals surface area contributed by atoms with Gasteiger partial charge in [0, 0.05) is 0 Å². The SMILES string of the molecule is C.COC(=O)c1coc(C23CC(C(=O)O)(C2)C3)n1. The van der Waals surface area contributed by atoms with Gasteiger partial charge in [-0.2, -0.15) is 0 Å². The summed E-state index contributed by atoms with van der Waals surface area (Å²) in [5, 5.41) is 9.00. The number of nitrogens with zero attached hydrogens (tertiary/aromatic N) is 1. The second kappa shape index (κ2) is 3.57. The molecule has 3 fully saturated rings. The Kier molecular flexibility index (Phi) is 2.50. The highest BCUT2D eigenvalue weighted by molar-refractivity contribution is 5.86. The van der Waals surface area contributed by atoms with Gasteiger partial charge in [0.15, 0.2) is 5.69 Å². The summed E-state index contributed by atoms with van der Waals surface area (Å²) in [4.78, 5) is 26.2. The first-order valence-corrected chi connectivity index (χ1v) is 5.29. The summed E-state index contributed by atoms with van der Waals surface area (Å²) >= 11 is 0. The Morgan fingerprint density at radius 1 is 1.44 bits per heavy atom. The summed E-state index contributed by atoms with van der Waals surface area (Å²) in [5.41, 5.74) is -0.693. The van der Waals surface area contributed by atoms with Gasteiger partial charge in [0.2, 0.25) is 5.89 Å². The number of methoxy groups -OCH3 is 1. The minimum absolute atomic E-state index is 0. The van der Waals surface area contributed by atoms with E-state index in [4.69, 9.17) is 9.52 Å². The molecule has 1 aromatic heterocycles. The van der Waals surface area contributed by atoms with E-state index in [1.165, 1.54) is 13.4 Å². The van der Waals surface area contributed by atoms with Crippen molar-refractivity contribution in [3.8, 4) is 0 Å². The maximum Gasteiger partial charge on any atom is 0.360 e. The van der Waals surface area contributed by atoms with E-state index >= 15 is 0 Å². The van der Waals surface area contributed by atoms with Gasteiger partial charge in [0.05, 0.1) is 17.9 Å². The topological polar surface area (TPSA) is 89.6 Å². The second-order valence-electron chi connectivity index (χ2n) is 4.93. The van der Waals surface area contributed by atoms with E-state index in [1.54, 1.807) is 0 Å². The molecule has 1 heterocycles. The van der Waals surface area contributed by atoms with Gasteiger partial charge in [-0.05, 0) is 19.3 Å². The van der Waals surface area contributed by atoms with E-state index in [0.717, 1.165) is 0 Å². The van der Waals surface area contributed by atoms with Crippen molar-refractivity contribution in [2.45, 2.75) is 32.1 Å². The molecular weight excluding hydrogens is 238 g/mol. The number of oxazole rings is 1. The minimum atomic E-state index is -0.751. The molecule has 3 saturated carbocycles. The average molecular weight is 253 g/mol. The third-order valence-electron chi connectivity index (χ3n) is 3.84. The number of carbonyl (C=O) groups excluding carboxylic acids is 1. The Balaban J connectivity index is 0.00000120. The molecule has 6 heteroatoms. The molecule has 0 saturated heterocycles. The highest BCUT2D eigenvalue weighted by Crippen LogP contribution is 2.73. The zero-order valence-corrected chi connectivity index (χ0v) is 9.23. The van der Waals surface area contributed by atoms with Crippen LogP contribution in [-0.4, -0.2) is 29.1 Å². The highest BCUT2D eigenvalue weighted by atomic mass is 16.5. The van der Waals surface area contributed by atoms with Crippen LogP contribution in [0.15, 0.2) is 10.7 Å². The molecule has 0 spiro atoms. The fraction of sp³-hybridized carbons (Fsp3) is 0.583. The van der Waals surface area contributed by atoms with Gasteiger partial charge in [-0.15, -0.1) is 0 Å². The number of esters is 1. The molecule has 0 aromatic carbocycles. The third-order valence-corrected chi connectivity index (χ3v) is 3.84. The molecule has 0 unspecified atom stereocenters. The summed E-state index contributed by atoms with van der Waals surface area (Å²) < 4.78 is 9.78. The number of carboxylic acids is 1. The molecular formula is C12H15NO5. The number of hydrogen-bond acceptors (Lipinski definition) is 5. The van der Waals surface area contributed by atoms with Gasteiger partial charge in [0.1, 0.15) is 6.26 Å². The van der Waals surface area contributed by atoms with Gasteiger partial charge < -0.3 is 14.3 Å². The number of aromatic nitrogens is 1. The normalized spacial score (nSPS) is 31.6. The first-order chi connectivity index (χ1) is 8.01. The molecule has 0 radical (unpaired) electrons. The third kappa shape index (κ3) is 1.31. The van der Waals surface area contributed by atoms with Gasteiger partial charge in [-0.3, -0.25) is 4.79 Å². The number of ether oxygens (including phenoxy) is 1.